The van der Waals surface area contributed by atoms with Crippen LogP contribution in [0.4, 0.5) is 5.69 Å². The van der Waals surface area contributed by atoms with Gasteiger partial charge in [-0.25, -0.2) is 4.79 Å². The van der Waals surface area contributed by atoms with Crippen molar-refractivity contribution in [2.45, 2.75) is 0 Å². The molecule has 0 unspecified atom stereocenters. The molecule has 0 fully saturated rings. The average molecular weight is 289 g/mol. The lowest BCUT2D eigenvalue weighted by Gasteiger charge is -2.10. The number of rotatable bonds is 5. The predicted molar refractivity (Wildman–Crippen MR) is 73.1 cm³/mol. The van der Waals surface area contributed by atoms with E-state index in [-0.39, 0.29) is 17.0 Å². The number of hydrogen-bond donors (Lipinski definition) is 1. The Hall–Kier alpha value is -3.09. The molecular weight excluding hydrogens is 278 g/mol. The van der Waals surface area contributed by atoms with E-state index in [2.05, 4.69) is 0 Å². The number of ether oxygens (including phenoxy) is 2. The first kappa shape index (κ1) is 14.3. The quantitative estimate of drug-likeness (QED) is 0.670. The van der Waals surface area contributed by atoms with E-state index in [4.69, 9.17) is 14.6 Å². The zero-order valence-electron chi connectivity index (χ0n) is 11.0. The number of nitro benzene ring substituents is 1. The lowest BCUT2D eigenvalue weighted by molar-refractivity contribution is -0.384. The standard InChI is InChI=1S/C14H11NO6/c1-20-12-7-4-10(15(18)19)8-13(12)21-11-5-2-9(3-6-11)14(16)17/h2-8H,1H3,(H,16,17). The van der Waals surface area contributed by atoms with Crippen LogP contribution in [-0.4, -0.2) is 23.1 Å². The minimum absolute atomic E-state index is 0.119. The maximum Gasteiger partial charge on any atom is 0.335 e. The number of nitrogens with zero attached hydrogens (tertiary/aromatic N) is 1. The molecule has 7 nitrogen and oxygen atoms in total. The van der Waals surface area contributed by atoms with Gasteiger partial charge in [0, 0.05) is 6.07 Å². The molecule has 2 rings (SSSR count). The molecule has 0 saturated carbocycles. The highest BCUT2D eigenvalue weighted by Gasteiger charge is 2.13. The molecule has 0 bridgehead atoms. The Morgan fingerprint density at radius 2 is 1.81 bits per heavy atom. The summed E-state index contributed by atoms with van der Waals surface area (Å²) < 4.78 is 10.6. The van der Waals surface area contributed by atoms with Crippen molar-refractivity contribution in [3.63, 3.8) is 0 Å². The van der Waals surface area contributed by atoms with Crippen LogP contribution in [0.25, 0.3) is 0 Å². The van der Waals surface area contributed by atoms with Crippen LogP contribution in [0.3, 0.4) is 0 Å². The average Bonchev–Trinajstić information content (AvgIpc) is 2.47. The van der Waals surface area contributed by atoms with E-state index in [1.807, 2.05) is 0 Å². The highest BCUT2D eigenvalue weighted by molar-refractivity contribution is 5.87. The molecule has 1 N–H and O–H groups in total. The lowest BCUT2D eigenvalue weighted by Crippen LogP contribution is -1.96. The van der Waals surface area contributed by atoms with Crippen LogP contribution >= 0.6 is 0 Å². The van der Waals surface area contributed by atoms with Crippen molar-refractivity contribution >= 4 is 11.7 Å². The van der Waals surface area contributed by atoms with Crippen LogP contribution in [0.1, 0.15) is 10.4 Å². The molecule has 0 atom stereocenters. The first-order chi connectivity index (χ1) is 10.0. The molecule has 7 heteroatoms. The van der Waals surface area contributed by atoms with E-state index in [1.54, 1.807) is 0 Å². The van der Waals surface area contributed by atoms with Gasteiger partial charge in [-0.2, -0.15) is 0 Å². The first-order valence-electron chi connectivity index (χ1n) is 5.85. The number of methoxy groups -OCH3 is 1. The van der Waals surface area contributed by atoms with E-state index in [9.17, 15) is 14.9 Å². The Morgan fingerprint density at radius 1 is 1.14 bits per heavy atom. The lowest BCUT2D eigenvalue weighted by atomic mass is 10.2. The second kappa shape index (κ2) is 5.91. The van der Waals surface area contributed by atoms with Gasteiger partial charge in [0.05, 0.1) is 23.7 Å². The molecule has 0 aliphatic rings. The van der Waals surface area contributed by atoms with Crippen molar-refractivity contribution in [1.29, 1.82) is 0 Å². The highest BCUT2D eigenvalue weighted by Crippen LogP contribution is 2.34. The third-order valence-corrected chi connectivity index (χ3v) is 2.69. The van der Waals surface area contributed by atoms with Crippen LogP contribution in [0.15, 0.2) is 42.5 Å². The molecule has 0 aromatic heterocycles. The third kappa shape index (κ3) is 3.27. The Labute approximate surface area is 119 Å². The minimum Gasteiger partial charge on any atom is -0.493 e. The van der Waals surface area contributed by atoms with Gasteiger partial charge in [-0.15, -0.1) is 0 Å². The zero-order chi connectivity index (χ0) is 15.4. The molecule has 108 valence electrons. The van der Waals surface area contributed by atoms with E-state index in [0.717, 1.165) is 0 Å². The molecule has 0 saturated heterocycles. The largest absolute Gasteiger partial charge is 0.493 e. The van der Waals surface area contributed by atoms with Crippen molar-refractivity contribution in [2.75, 3.05) is 7.11 Å². The summed E-state index contributed by atoms with van der Waals surface area (Å²) in [5.41, 5.74) is -0.0127. The van der Waals surface area contributed by atoms with Crippen molar-refractivity contribution < 1.29 is 24.3 Å². The number of aromatic carboxylic acids is 1. The summed E-state index contributed by atoms with van der Waals surface area (Å²) in [5.74, 6) is -0.189. The number of benzene rings is 2. The number of carboxylic acids is 1. The van der Waals surface area contributed by atoms with Gasteiger partial charge in [-0.05, 0) is 30.3 Å². The smallest absolute Gasteiger partial charge is 0.335 e. The Balaban J connectivity index is 2.31. The first-order valence-corrected chi connectivity index (χ1v) is 5.85. The molecular formula is C14H11NO6. The highest BCUT2D eigenvalue weighted by atomic mass is 16.6. The number of carbonyl (C=O) groups is 1. The maximum atomic E-state index is 10.8. The summed E-state index contributed by atoms with van der Waals surface area (Å²) in [6, 6.07) is 9.65. The fourth-order valence-electron chi connectivity index (χ4n) is 1.65. The van der Waals surface area contributed by atoms with Gasteiger partial charge in [-0.3, -0.25) is 10.1 Å². The monoisotopic (exact) mass is 289 g/mol. The molecule has 0 aliphatic heterocycles. The predicted octanol–water partition coefficient (Wildman–Crippen LogP) is 3.09. The van der Waals surface area contributed by atoms with Crippen LogP contribution in [-0.2, 0) is 0 Å². The maximum absolute atomic E-state index is 10.8. The Morgan fingerprint density at radius 3 is 2.33 bits per heavy atom. The van der Waals surface area contributed by atoms with Crippen LogP contribution < -0.4 is 9.47 Å². The van der Waals surface area contributed by atoms with Crippen molar-refractivity contribution in [3.8, 4) is 17.2 Å². The summed E-state index contributed by atoms with van der Waals surface area (Å²) in [6.45, 7) is 0. The fraction of sp³-hybridized carbons (Fsp3) is 0.0714. The van der Waals surface area contributed by atoms with Crippen LogP contribution in [0, 0.1) is 10.1 Å². The molecule has 0 heterocycles. The second-order valence-corrected chi connectivity index (χ2v) is 4.02. The molecule has 0 radical (unpaired) electrons. The van der Waals surface area contributed by atoms with Crippen molar-refractivity contribution in [1.82, 2.24) is 0 Å². The minimum atomic E-state index is -1.05. The summed E-state index contributed by atoms with van der Waals surface area (Å²) in [7, 11) is 1.42. The number of hydrogen-bond acceptors (Lipinski definition) is 5. The zero-order valence-corrected chi connectivity index (χ0v) is 11.0. The van der Waals surface area contributed by atoms with Gasteiger partial charge in [0.1, 0.15) is 5.75 Å². The van der Waals surface area contributed by atoms with E-state index < -0.39 is 10.9 Å². The molecule has 2 aromatic carbocycles. The molecule has 0 spiro atoms. The van der Waals surface area contributed by atoms with Gasteiger partial charge in [0.15, 0.2) is 11.5 Å². The van der Waals surface area contributed by atoms with Crippen molar-refractivity contribution in [3.05, 3.63) is 58.1 Å². The molecule has 0 amide bonds. The van der Waals surface area contributed by atoms with Crippen LogP contribution in [0.5, 0.6) is 17.2 Å². The molecule has 21 heavy (non-hydrogen) atoms. The fourth-order valence-corrected chi connectivity index (χ4v) is 1.65. The normalized spacial score (nSPS) is 9.95. The topological polar surface area (TPSA) is 98.9 Å². The SMILES string of the molecule is COc1ccc([N+](=O)[O-])cc1Oc1ccc(C(=O)O)cc1. The number of carboxylic acid groups (broad SMARTS) is 1. The van der Waals surface area contributed by atoms with Gasteiger partial charge in [0.2, 0.25) is 0 Å². The van der Waals surface area contributed by atoms with Gasteiger partial charge in [-0.1, -0.05) is 0 Å². The van der Waals surface area contributed by atoms with E-state index >= 15 is 0 Å². The van der Waals surface area contributed by atoms with E-state index in [0.29, 0.717) is 11.5 Å². The van der Waals surface area contributed by atoms with E-state index in [1.165, 1.54) is 49.6 Å². The van der Waals surface area contributed by atoms with Crippen LogP contribution in [0.2, 0.25) is 0 Å². The summed E-state index contributed by atoms with van der Waals surface area (Å²) >= 11 is 0. The Bertz CT molecular complexity index is 680. The third-order valence-electron chi connectivity index (χ3n) is 2.69. The Kier molecular flexibility index (Phi) is 4.03. The number of non-ortho nitro benzene ring substituents is 1. The summed E-state index contributed by atoms with van der Waals surface area (Å²) in [5, 5.41) is 19.6. The van der Waals surface area contributed by atoms with Crippen molar-refractivity contribution in [2.24, 2.45) is 0 Å². The van der Waals surface area contributed by atoms with Gasteiger partial charge < -0.3 is 14.6 Å². The summed E-state index contributed by atoms with van der Waals surface area (Å²) in [4.78, 5) is 21.0. The second-order valence-electron chi connectivity index (χ2n) is 4.02. The van der Waals surface area contributed by atoms with Gasteiger partial charge in [0.25, 0.3) is 5.69 Å². The molecule has 2 aromatic rings. The molecule has 0 aliphatic carbocycles. The van der Waals surface area contributed by atoms with Gasteiger partial charge >= 0.3 is 5.97 Å². The summed E-state index contributed by atoms with van der Waals surface area (Å²) in [6.07, 6.45) is 0. The number of nitro groups is 1.